The van der Waals surface area contributed by atoms with Gasteiger partial charge in [-0.2, -0.15) is 0 Å². The normalized spacial score (nSPS) is 10.7. The van der Waals surface area contributed by atoms with Gasteiger partial charge in [-0.25, -0.2) is 4.98 Å². The number of nitrogens with zero attached hydrogens (tertiary/aromatic N) is 3. The van der Waals surface area contributed by atoms with E-state index in [1.165, 1.54) is 5.56 Å². The first-order valence-corrected chi connectivity index (χ1v) is 9.23. The summed E-state index contributed by atoms with van der Waals surface area (Å²) in [5, 5.41) is 3.39. The largest absolute Gasteiger partial charge is 0.352 e. The summed E-state index contributed by atoms with van der Waals surface area (Å²) >= 11 is 0. The van der Waals surface area contributed by atoms with Crippen LogP contribution in [0.25, 0.3) is 11.0 Å². The zero-order chi connectivity index (χ0) is 19.2. The Labute approximate surface area is 160 Å². The van der Waals surface area contributed by atoms with Gasteiger partial charge in [-0.3, -0.25) is 4.79 Å². The summed E-state index contributed by atoms with van der Waals surface area (Å²) in [6.45, 7) is 9.99. The summed E-state index contributed by atoms with van der Waals surface area (Å²) in [7, 11) is 0. The van der Waals surface area contributed by atoms with Crippen molar-refractivity contribution >= 4 is 22.9 Å². The third-order valence-electron chi connectivity index (χ3n) is 4.44. The van der Waals surface area contributed by atoms with Gasteiger partial charge in [0.25, 0.3) is 0 Å². The Balaban J connectivity index is 1.86. The Morgan fingerprint density at radius 2 is 1.85 bits per heavy atom. The first kappa shape index (κ1) is 18.7. The molecule has 0 unspecified atom stereocenters. The quantitative estimate of drug-likeness (QED) is 0.615. The van der Waals surface area contributed by atoms with E-state index in [0.717, 1.165) is 16.6 Å². The fourth-order valence-electron chi connectivity index (χ4n) is 3.08. The number of likely N-dealkylation sites (N-methyl/N-ethyl adjacent to an activating group) is 1. The highest BCUT2D eigenvalue weighted by Crippen LogP contribution is 2.20. The number of fused-ring (bicyclic) bond motifs is 1. The maximum atomic E-state index is 12.9. The van der Waals surface area contributed by atoms with Crippen molar-refractivity contribution in [3.05, 3.63) is 72.3 Å². The maximum absolute atomic E-state index is 12.9. The van der Waals surface area contributed by atoms with Gasteiger partial charge >= 0.3 is 0 Å². The minimum absolute atomic E-state index is 0.0615. The van der Waals surface area contributed by atoms with E-state index in [4.69, 9.17) is 4.98 Å². The molecular weight excluding hydrogens is 336 g/mol. The van der Waals surface area contributed by atoms with E-state index in [9.17, 15) is 4.79 Å². The molecule has 0 fully saturated rings. The Hall–Kier alpha value is -3.08. The molecule has 5 nitrogen and oxygen atoms in total. The van der Waals surface area contributed by atoms with Gasteiger partial charge in [0.15, 0.2) is 0 Å². The monoisotopic (exact) mass is 362 g/mol. The number of hydrogen-bond acceptors (Lipinski definition) is 3. The van der Waals surface area contributed by atoms with Crippen molar-refractivity contribution in [1.29, 1.82) is 0 Å². The molecule has 0 atom stereocenters. The Kier molecular flexibility index (Phi) is 5.91. The van der Waals surface area contributed by atoms with Crippen LogP contribution in [0, 0.1) is 0 Å². The average molecular weight is 362 g/mol. The molecule has 0 aliphatic rings. The van der Waals surface area contributed by atoms with E-state index < -0.39 is 0 Å². The summed E-state index contributed by atoms with van der Waals surface area (Å²) in [5.74, 6) is 0.770. The lowest BCUT2D eigenvalue weighted by Gasteiger charge is -2.22. The molecule has 0 saturated heterocycles. The number of amides is 1. The number of benzene rings is 2. The number of carbonyl (C=O) groups excluding carboxylic acids is 1. The van der Waals surface area contributed by atoms with Crippen molar-refractivity contribution in [1.82, 2.24) is 14.5 Å². The molecule has 3 aromatic rings. The zero-order valence-electron chi connectivity index (χ0n) is 16.0. The predicted molar refractivity (Wildman–Crippen MR) is 111 cm³/mol. The molecule has 0 saturated carbocycles. The second-order valence-corrected chi connectivity index (χ2v) is 6.71. The number of anilines is 1. The van der Waals surface area contributed by atoms with Gasteiger partial charge in [0.2, 0.25) is 11.9 Å². The van der Waals surface area contributed by atoms with E-state index in [1.54, 1.807) is 0 Å². The first-order chi connectivity index (χ1) is 13.1. The fourth-order valence-corrected chi connectivity index (χ4v) is 3.08. The van der Waals surface area contributed by atoms with E-state index in [-0.39, 0.29) is 12.5 Å². The van der Waals surface area contributed by atoms with Crippen molar-refractivity contribution < 1.29 is 4.79 Å². The summed E-state index contributed by atoms with van der Waals surface area (Å²) in [6.07, 6.45) is 0. The SMILES string of the molecule is C=C(C)CN(CC)C(=O)Cn1c(NCc2ccccc2)nc2ccccc21. The van der Waals surface area contributed by atoms with Crippen LogP contribution in [0.4, 0.5) is 5.95 Å². The lowest BCUT2D eigenvalue weighted by molar-refractivity contribution is -0.131. The molecule has 1 amide bonds. The molecule has 3 rings (SSSR count). The number of para-hydroxylation sites is 2. The van der Waals surface area contributed by atoms with Crippen molar-refractivity contribution in [3.8, 4) is 0 Å². The molecular formula is C22H26N4O. The minimum Gasteiger partial charge on any atom is -0.352 e. The first-order valence-electron chi connectivity index (χ1n) is 9.23. The van der Waals surface area contributed by atoms with Crippen LogP contribution in [-0.4, -0.2) is 33.4 Å². The Morgan fingerprint density at radius 1 is 1.15 bits per heavy atom. The highest BCUT2D eigenvalue weighted by atomic mass is 16.2. The van der Waals surface area contributed by atoms with E-state index in [0.29, 0.717) is 25.6 Å². The molecule has 1 N–H and O–H groups in total. The number of imidazole rings is 1. The number of aromatic nitrogens is 2. The highest BCUT2D eigenvalue weighted by Gasteiger charge is 2.17. The van der Waals surface area contributed by atoms with Crippen LogP contribution in [0.5, 0.6) is 0 Å². The van der Waals surface area contributed by atoms with Crippen LogP contribution >= 0.6 is 0 Å². The maximum Gasteiger partial charge on any atom is 0.242 e. The number of nitrogens with one attached hydrogen (secondary N) is 1. The van der Waals surface area contributed by atoms with Gasteiger partial charge < -0.3 is 14.8 Å². The van der Waals surface area contributed by atoms with E-state index in [1.807, 2.05) is 65.8 Å². The van der Waals surface area contributed by atoms with E-state index in [2.05, 4.69) is 24.0 Å². The Bertz CT molecular complexity index is 930. The molecule has 0 radical (unpaired) electrons. The molecule has 140 valence electrons. The van der Waals surface area contributed by atoms with Gasteiger partial charge in [0.1, 0.15) is 6.54 Å². The summed E-state index contributed by atoms with van der Waals surface area (Å²) < 4.78 is 1.96. The molecule has 2 aromatic carbocycles. The van der Waals surface area contributed by atoms with Crippen LogP contribution in [-0.2, 0) is 17.9 Å². The van der Waals surface area contributed by atoms with Crippen LogP contribution in [0.2, 0.25) is 0 Å². The van der Waals surface area contributed by atoms with Crippen molar-refractivity contribution in [2.45, 2.75) is 26.9 Å². The molecule has 1 aromatic heterocycles. The molecule has 5 heteroatoms. The molecule has 0 bridgehead atoms. The highest BCUT2D eigenvalue weighted by molar-refractivity contribution is 5.83. The second kappa shape index (κ2) is 8.54. The van der Waals surface area contributed by atoms with Gasteiger partial charge in [0, 0.05) is 19.6 Å². The van der Waals surface area contributed by atoms with Gasteiger partial charge in [-0.05, 0) is 31.5 Å². The van der Waals surface area contributed by atoms with Crippen LogP contribution in [0.1, 0.15) is 19.4 Å². The van der Waals surface area contributed by atoms with Crippen molar-refractivity contribution in [2.75, 3.05) is 18.4 Å². The second-order valence-electron chi connectivity index (χ2n) is 6.71. The zero-order valence-corrected chi connectivity index (χ0v) is 16.0. The van der Waals surface area contributed by atoms with Crippen molar-refractivity contribution in [3.63, 3.8) is 0 Å². The summed E-state index contributed by atoms with van der Waals surface area (Å²) in [5.41, 5.74) is 3.97. The van der Waals surface area contributed by atoms with Gasteiger partial charge in [-0.1, -0.05) is 54.6 Å². The van der Waals surface area contributed by atoms with Crippen molar-refractivity contribution in [2.24, 2.45) is 0 Å². The lowest BCUT2D eigenvalue weighted by atomic mass is 10.2. The topological polar surface area (TPSA) is 50.2 Å². The number of rotatable bonds is 8. The molecule has 27 heavy (non-hydrogen) atoms. The minimum atomic E-state index is 0.0615. The van der Waals surface area contributed by atoms with Crippen LogP contribution in [0.3, 0.4) is 0 Å². The van der Waals surface area contributed by atoms with Gasteiger partial charge in [-0.15, -0.1) is 0 Å². The Morgan fingerprint density at radius 3 is 2.56 bits per heavy atom. The molecule has 0 aliphatic heterocycles. The van der Waals surface area contributed by atoms with Crippen LogP contribution in [0.15, 0.2) is 66.7 Å². The smallest absolute Gasteiger partial charge is 0.242 e. The lowest BCUT2D eigenvalue weighted by Crippen LogP contribution is -2.35. The van der Waals surface area contributed by atoms with Gasteiger partial charge in [0.05, 0.1) is 11.0 Å². The predicted octanol–water partition coefficient (Wildman–Crippen LogP) is 4.07. The molecule has 1 heterocycles. The number of carbonyl (C=O) groups is 1. The fraction of sp³-hybridized carbons (Fsp3) is 0.273. The number of hydrogen-bond donors (Lipinski definition) is 1. The molecule has 0 spiro atoms. The third kappa shape index (κ3) is 4.56. The third-order valence-corrected chi connectivity index (χ3v) is 4.44. The molecule has 0 aliphatic carbocycles. The summed E-state index contributed by atoms with van der Waals surface area (Å²) in [6, 6.07) is 18.1. The van der Waals surface area contributed by atoms with E-state index >= 15 is 0 Å². The average Bonchev–Trinajstić information content (AvgIpc) is 3.02. The van der Waals surface area contributed by atoms with Crippen LogP contribution < -0.4 is 5.32 Å². The summed E-state index contributed by atoms with van der Waals surface area (Å²) in [4.78, 5) is 19.4. The standard InChI is InChI=1S/C22H26N4O/c1-4-25(15-17(2)3)21(27)16-26-20-13-9-8-12-19(20)24-22(26)23-14-18-10-6-5-7-11-18/h5-13H,2,4,14-16H2,1,3H3,(H,23,24).